The number of fused-ring (bicyclic) bond motifs is 10. The maximum absolute atomic E-state index is 7.04. The number of nitrogens with zero attached hydrogens (tertiary/aromatic N) is 3. The van der Waals surface area contributed by atoms with Crippen molar-refractivity contribution in [3.8, 4) is 5.88 Å². The number of rotatable bonds is 4. The van der Waals surface area contributed by atoms with E-state index in [0.29, 0.717) is 13.2 Å². The molecule has 0 unspecified atom stereocenters. The Hall–Kier alpha value is -7.50. The third kappa shape index (κ3) is 6.50. The molecule has 0 fully saturated rings. The van der Waals surface area contributed by atoms with Gasteiger partial charge >= 0.3 is 0 Å². The minimum absolute atomic E-state index is 0.460. The number of aliphatic imine (C=N–C) groups is 2. The Morgan fingerprint density at radius 1 is 0.475 bits per heavy atom. The molecule has 0 saturated heterocycles. The Labute approximate surface area is 356 Å². The Morgan fingerprint density at radius 2 is 0.918 bits per heavy atom. The van der Waals surface area contributed by atoms with Crippen molar-refractivity contribution >= 4 is 33.7 Å². The Kier molecular flexibility index (Phi) is 8.78. The number of benzene rings is 5. The van der Waals surface area contributed by atoms with Crippen molar-refractivity contribution in [2.24, 2.45) is 9.98 Å². The molecule has 0 saturated carbocycles. The van der Waals surface area contributed by atoms with Crippen LogP contribution in [0.1, 0.15) is 66.9 Å². The standard InChI is InChI=1S/C56H44N4O/c1-34-9-17-38(18-10-34)52-44-31-51(60-32-42-7-5-6-8-43(42)33-61-56(44)60)55(41-23-15-37(4)16-24-41)50-30-29-49(59-50)54(40-21-13-36(3)14-22-40)48-28-27-47(58-48)53(46-26-25-45(52)57-46)39-19-11-35(2)12-20-39/h5-31,58H,32-33H2,1-4H3. The fourth-order valence-corrected chi connectivity index (χ4v) is 9.00. The smallest absolute Gasteiger partial charge is 0.202 e. The van der Waals surface area contributed by atoms with Gasteiger partial charge in [0.05, 0.1) is 35.1 Å². The fraction of sp³-hybridized carbons (Fsp3) is 0.107. The molecule has 7 aromatic rings. The first-order chi connectivity index (χ1) is 29.8. The molecule has 6 heterocycles. The number of aromatic amines is 1. The number of H-pyrrole nitrogens is 1. The molecule has 1 N–H and O–H groups in total. The first-order valence-electron chi connectivity index (χ1n) is 21.0. The lowest BCUT2D eigenvalue weighted by atomic mass is 9.94. The average molecular weight is 789 g/mol. The Morgan fingerprint density at radius 3 is 1.43 bits per heavy atom. The van der Waals surface area contributed by atoms with Gasteiger partial charge in [-0.15, -0.1) is 0 Å². The third-order valence-corrected chi connectivity index (χ3v) is 12.3. The summed E-state index contributed by atoms with van der Waals surface area (Å²) in [6.07, 6.45) is 8.71. The van der Waals surface area contributed by atoms with Gasteiger partial charge in [-0.1, -0.05) is 144 Å². The maximum Gasteiger partial charge on any atom is 0.202 e. The van der Waals surface area contributed by atoms with Crippen LogP contribution in [-0.2, 0) is 13.2 Å². The van der Waals surface area contributed by atoms with Crippen molar-refractivity contribution in [2.45, 2.75) is 40.8 Å². The summed E-state index contributed by atoms with van der Waals surface area (Å²) in [5.74, 6) is 0.815. The second-order valence-corrected chi connectivity index (χ2v) is 16.6. The summed E-state index contributed by atoms with van der Waals surface area (Å²) in [5.41, 5.74) is 21.3. The SMILES string of the molecule is Cc1ccc(C2=C3C=CC(=N3)C(c3ccc(C)cc3)=c3ccc([nH]3)=C(c3ccc(C)cc3)C3=NC(=C(c4ccc(C)cc4)c4cc2c2n4Cc4ccccc4CO2)C=C3)cc1. The van der Waals surface area contributed by atoms with E-state index in [4.69, 9.17) is 14.7 Å². The molecule has 0 aliphatic carbocycles. The lowest BCUT2D eigenvalue weighted by Crippen LogP contribution is -2.21. The van der Waals surface area contributed by atoms with Gasteiger partial charge < -0.3 is 14.3 Å². The van der Waals surface area contributed by atoms with Gasteiger partial charge in [0.1, 0.15) is 6.61 Å². The minimum atomic E-state index is 0.460. The highest BCUT2D eigenvalue weighted by atomic mass is 16.5. The van der Waals surface area contributed by atoms with E-state index >= 15 is 0 Å². The van der Waals surface area contributed by atoms with Crippen molar-refractivity contribution in [1.82, 2.24) is 9.55 Å². The van der Waals surface area contributed by atoms with Crippen molar-refractivity contribution in [3.63, 3.8) is 0 Å². The summed E-state index contributed by atoms with van der Waals surface area (Å²) in [7, 11) is 0. The monoisotopic (exact) mass is 788 g/mol. The number of allylic oxidation sites excluding steroid dienone is 4. The van der Waals surface area contributed by atoms with Gasteiger partial charge in [0, 0.05) is 38.6 Å². The first kappa shape index (κ1) is 36.6. The second-order valence-electron chi connectivity index (χ2n) is 16.6. The van der Waals surface area contributed by atoms with E-state index in [-0.39, 0.29) is 0 Å². The zero-order valence-corrected chi connectivity index (χ0v) is 34.8. The van der Waals surface area contributed by atoms with Gasteiger partial charge in [-0.2, -0.15) is 0 Å². The van der Waals surface area contributed by atoms with Crippen LogP contribution in [0.2, 0.25) is 0 Å². The highest BCUT2D eigenvalue weighted by molar-refractivity contribution is 6.31. The predicted octanol–water partition coefficient (Wildman–Crippen LogP) is 10.6. The van der Waals surface area contributed by atoms with Gasteiger partial charge in [0.2, 0.25) is 5.88 Å². The van der Waals surface area contributed by atoms with Crippen LogP contribution < -0.4 is 15.4 Å². The topological polar surface area (TPSA) is 54.7 Å². The quantitative estimate of drug-likeness (QED) is 0.190. The van der Waals surface area contributed by atoms with Crippen molar-refractivity contribution in [3.05, 3.63) is 253 Å². The maximum atomic E-state index is 7.04. The zero-order chi connectivity index (χ0) is 41.2. The number of aryl methyl sites for hydroxylation is 4. The van der Waals surface area contributed by atoms with Crippen LogP contribution in [-0.4, -0.2) is 21.0 Å². The molecule has 5 nitrogen and oxygen atoms in total. The number of hydrogen-bond acceptors (Lipinski definition) is 3. The zero-order valence-electron chi connectivity index (χ0n) is 34.8. The predicted molar refractivity (Wildman–Crippen MR) is 249 cm³/mol. The lowest BCUT2D eigenvalue weighted by molar-refractivity contribution is 0.288. The number of ether oxygens (including phenoxy) is 1. The van der Waals surface area contributed by atoms with Gasteiger partial charge in [0.25, 0.3) is 0 Å². The molecule has 5 aromatic carbocycles. The van der Waals surface area contributed by atoms with E-state index in [1.165, 1.54) is 33.4 Å². The van der Waals surface area contributed by atoms with Crippen molar-refractivity contribution in [1.29, 1.82) is 0 Å². The number of nitrogens with one attached hydrogen (secondary N) is 1. The van der Waals surface area contributed by atoms with Crippen LogP contribution in [0.3, 0.4) is 0 Å². The molecular weight excluding hydrogens is 745 g/mol. The van der Waals surface area contributed by atoms with Crippen molar-refractivity contribution < 1.29 is 4.74 Å². The first-order valence-corrected chi connectivity index (χ1v) is 21.0. The summed E-state index contributed by atoms with van der Waals surface area (Å²) in [5, 5.41) is 1.97. The normalized spacial score (nSPS) is 15.4. The minimum Gasteiger partial charge on any atom is -0.473 e. The van der Waals surface area contributed by atoms with Gasteiger partial charge in [0.15, 0.2) is 0 Å². The molecule has 0 atom stereocenters. The molecule has 0 spiro atoms. The van der Waals surface area contributed by atoms with E-state index in [0.717, 1.165) is 95.2 Å². The molecule has 0 radical (unpaired) electrons. The van der Waals surface area contributed by atoms with Crippen LogP contribution in [0.5, 0.6) is 5.88 Å². The molecule has 8 bridgehead atoms. The largest absolute Gasteiger partial charge is 0.473 e. The second kappa shape index (κ2) is 14.6. The fourth-order valence-electron chi connectivity index (χ4n) is 9.00. The van der Waals surface area contributed by atoms with Crippen molar-refractivity contribution in [2.75, 3.05) is 0 Å². The molecule has 61 heavy (non-hydrogen) atoms. The molecule has 2 aromatic heterocycles. The van der Waals surface area contributed by atoms with Gasteiger partial charge in [-0.25, -0.2) is 9.98 Å². The number of aromatic nitrogens is 2. The summed E-state index contributed by atoms with van der Waals surface area (Å²) < 4.78 is 9.40. The van der Waals surface area contributed by atoms with Gasteiger partial charge in [-0.05, 0) is 104 Å². The molecule has 294 valence electrons. The third-order valence-electron chi connectivity index (χ3n) is 12.3. The Balaban J connectivity index is 1.30. The highest BCUT2D eigenvalue weighted by Crippen LogP contribution is 2.44. The summed E-state index contributed by atoms with van der Waals surface area (Å²) >= 11 is 0. The van der Waals surface area contributed by atoms with E-state index in [1.807, 2.05) is 0 Å². The van der Waals surface area contributed by atoms with E-state index < -0.39 is 0 Å². The summed E-state index contributed by atoms with van der Waals surface area (Å²) in [6.45, 7) is 9.63. The van der Waals surface area contributed by atoms with Gasteiger partial charge in [-0.3, -0.25) is 0 Å². The van der Waals surface area contributed by atoms with Crippen LogP contribution in [0, 0.1) is 27.7 Å². The molecule has 0 amide bonds. The average Bonchev–Trinajstić information content (AvgIpc) is 4.09. The highest BCUT2D eigenvalue weighted by Gasteiger charge is 2.30. The summed E-state index contributed by atoms with van der Waals surface area (Å²) in [6, 6.07) is 50.5. The van der Waals surface area contributed by atoms with E-state index in [2.05, 4.69) is 201 Å². The summed E-state index contributed by atoms with van der Waals surface area (Å²) in [4.78, 5) is 15.1. The molecule has 11 rings (SSSR count). The molecule has 4 aliphatic rings. The van der Waals surface area contributed by atoms with E-state index in [9.17, 15) is 0 Å². The van der Waals surface area contributed by atoms with Crippen LogP contribution in [0.4, 0.5) is 0 Å². The van der Waals surface area contributed by atoms with E-state index in [1.54, 1.807) is 0 Å². The molecule has 5 heteroatoms. The lowest BCUT2D eigenvalue weighted by Gasteiger charge is -2.16. The van der Waals surface area contributed by atoms with Crippen LogP contribution in [0.25, 0.3) is 22.3 Å². The Bertz CT molecular complexity index is 3250. The van der Waals surface area contributed by atoms with Crippen LogP contribution in [0.15, 0.2) is 185 Å². The number of hydrogen-bond donors (Lipinski definition) is 1. The van der Waals surface area contributed by atoms with Crippen LogP contribution >= 0.6 is 0 Å². The molecular formula is C56H44N4O. The molecule has 4 aliphatic heterocycles.